The summed E-state index contributed by atoms with van der Waals surface area (Å²) < 4.78 is 22.9. The van der Waals surface area contributed by atoms with Gasteiger partial charge in [0.25, 0.3) is 0 Å². The second-order valence-corrected chi connectivity index (χ2v) is 6.37. The quantitative estimate of drug-likeness (QED) is 0.845. The Labute approximate surface area is 100 Å². The van der Waals surface area contributed by atoms with Gasteiger partial charge in [0.15, 0.2) is 9.84 Å². The van der Waals surface area contributed by atoms with Crippen LogP contribution in [-0.2, 0) is 9.84 Å². The highest BCUT2D eigenvalue weighted by Gasteiger charge is 2.24. The molecule has 0 bridgehead atoms. The molecule has 1 aromatic heterocycles. The molecule has 17 heavy (non-hydrogen) atoms. The largest absolute Gasteiger partial charge is 0.366 e. The monoisotopic (exact) mass is 251 g/mol. The number of sulfone groups is 1. The van der Waals surface area contributed by atoms with Crippen molar-refractivity contribution in [1.29, 1.82) is 5.26 Å². The van der Waals surface area contributed by atoms with Crippen LogP contribution in [-0.4, -0.2) is 30.9 Å². The molecule has 1 unspecified atom stereocenters. The topological polar surface area (TPSA) is 82.9 Å². The summed E-state index contributed by atoms with van der Waals surface area (Å²) in [5.41, 5.74) is 0.492. The molecule has 1 aromatic rings. The van der Waals surface area contributed by atoms with E-state index >= 15 is 0 Å². The summed E-state index contributed by atoms with van der Waals surface area (Å²) >= 11 is 0. The average Bonchev–Trinajstić information content (AvgIpc) is 2.29. The Morgan fingerprint density at radius 1 is 1.47 bits per heavy atom. The van der Waals surface area contributed by atoms with Gasteiger partial charge in [0.05, 0.1) is 17.1 Å². The number of rotatable bonds is 2. The summed E-state index contributed by atoms with van der Waals surface area (Å²) in [6, 6.07) is 5.26. The number of pyridine rings is 1. The summed E-state index contributed by atoms with van der Waals surface area (Å²) in [5.74, 6) is 1.06. The molecule has 0 aliphatic carbocycles. The summed E-state index contributed by atoms with van der Waals surface area (Å²) in [7, 11) is -2.91. The average molecular weight is 251 g/mol. The van der Waals surface area contributed by atoms with E-state index in [0.717, 1.165) is 6.42 Å². The van der Waals surface area contributed by atoms with Gasteiger partial charge in [-0.15, -0.1) is 0 Å². The van der Waals surface area contributed by atoms with E-state index in [1.807, 2.05) is 6.07 Å². The molecular formula is C11H13N3O2S. The normalized spacial score (nSPS) is 22.6. The molecule has 2 rings (SSSR count). The molecule has 5 nitrogen and oxygen atoms in total. The minimum absolute atomic E-state index is 0.0748. The number of nitrogens with one attached hydrogen (secondary N) is 1. The lowest BCUT2D eigenvalue weighted by Crippen LogP contribution is -2.35. The maximum absolute atomic E-state index is 11.4. The molecule has 0 radical (unpaired) electrons. The minimum Gasteiger partial charge on any atom is -0.366 e. The second kappa shape index (κ2) is 4.72. The van der Waals surface area contributed by atoms with Crippen LogP contribution in [0.4, 0.5) is 5.82 Å². The molecule has 0 saturated carbocycles. The van der Waals surface area contributed by atoms with Crippen LogP contribution in [0.5, 0.6) is 0 Å². The predicted molar refractivity (Wildman–Crippen MR) is 64.3 cm³/mol. The van der Waals surface area contributed by atoms with Gasteiger partial charge in [0, 0.05) is 12.2 Å². The Morgan fingerprint density at radius 3 is 2.88 bits per heavy atom. The van der Waals surface area contributed by atoms with Crippen LogP contribution in [0.25, 0.3) is 0 Å². The third-order valence-electron chi connectivity index (χ3n) is 2.71. The summed E-state index contributed by atoms with van der Waals surface area (Å²) in [5, 5.41) is 11.7. The first-order chi connectivity index (χ1) is 8.09. The Hall–Kier alpha value is -1.61. The van der Waals surface area contributed by atoms with Gasteiger partial charge in [-0.2, -0.15) is 5.26 Å². The zero-order chi connectivity index (χ0) is 12.3. The van der Waals surface area contributed by atoms with Crippen molar-refractivity contribution >= 4 is 15.7 Å². The maximum atomic E-state index is 11.4. The van der Waals surface area contributed by atoms with Crippen LogP contribution in [0.1, 0.15) is 18.4 Å². The van der Waals surface area contributed by atoms with Crippen LogP contribution < -0.4 is 5.32 Å². The number of nitrogens with zero attached hydrogens (tertiary/aromatic N) is 2. The van der Waals surface area contributed by atoms with Gasteiger partial charge in [0.2, 0.25) is 0 Å². The molecule has 90 valence electrons. The molecule has 2 heterocycles. The molecule has 1 aliphatic rings. The molecule has 6 heteroatoms. The van der Waals surface area contributed by atoms with E-state index in [2.05, 4.69) is 10.3 Å². The lowest BCUT2D eigenvalue weighted by atomic mass is 10.2. The van der Waals surface area contributed by atoms with Gasteiger partial charge in [-0.3, -0.25) is 0 Å². The minimum atomic E-state index is -2.91. The fraction of sp³-hybridized carbons (Fsp3) is 0.455. The number of nitriles is 1. The number of aromatic nitrogens is 1. The lowest BCUT2D eigenvalue weighted by Gasteiger charge is -2.23. The van der Waals surface area contributed by atoms with Gasteiger partial charge < -0.3 is 5.32 Å². The Kier molecular flexibility index (Phi) is 3.29. The van der Waals surface area contributed by atoms with E-state index < -0.39 is 9.84 Å². The first-order valence-electron chi connectivity index (χ1n) is 5.42. The first-order valence-corrected chi connectivity index (χ1v) is 7.24. The third kappa shape index (κ3) is 3.17. The smallest absolute Gasteiger partial charge is 0.152 e. The molecule has 1 fully saturated rings. The fourth-order valence-corrected chi connectivity index (χ4v) is 3.53. The van der Waals surface area contributed by atoms with Crippen molar-refractivity contribution in [3.63, 3.8) is 0 Å². The Morgan fingerprint density at radius 2 is 2.29 bits per heavy atom. The summed E-state index contributed by atoms with van der Waals surface area (Å²) in [4.78, 5) is 4.06. The zero-order valence-electron chi connectivity index (χ0n) is 9.26. The van der Waals surface area contributed by atoms with Crippen LogP contribution in [0.2, 0.25) is 0 Å². The molecule has 1 atom stereocenters. The maximum Gasteiger partial charge on any atom is 0.152 e. The SMILES string of the molecule is N#Cc1ccc(NC2CCCS(=O)(=O)C2)nc1. The molecular weight excluding hydrogens is 238 g/mol. The van der Waals surface area contributed by atoms with Crippen molar-refractivity contribution in [1.82, 2.24) is 4.98 Å². The third-order valence-corrected chi connectivity index (χ3v) is 4.53. The van der Waals surface area contributed by atoms with E-state index in [4.69, 9.17) is 5.26 Å². The van der Waals surface area contributed by atoms with E-state index in [9.17, 15) is 8.42 Å². The molecule has 0 amide bonds. The highest BCUT2D eigenvalue weighted by atomic mass is 32.2. The molecule has 1 saturated heterocycles. The van der Waals surface area contributed by atoms with Gasteiger partial charge in [-0.1, -0.05) is 0 Å². The van der Waals surface area contributed by atoms with Crippen molar-refractivity contribution in [2.24, 2.45) is 0 Å². The van der Waals surface area contributed by atoms with Crippen LogP contribution in [0, 0.1) is 11.3 Å². The fourth-order valence-electron chi connectivity index (χ4n) is 1.89. The zero-order valence-corrected chi connectivity index (χ0v) is 10.1. The number of hydrogen-bond acceptors (Lipinski definition) is 5. The van der Waals surface area contributed by atoms with Crippen LogP contribution in [0.3, 0.4) is 0 Å². The highest BCUT2D eigenvalue weighted by molar-refractivity contribution is 7.91. The summed E-state index contributed by atoms with van der Waals surface area (Å²) in [6.07, 6.45) is 3.00. The van der Waals surface area contributed by atoms with Gasteiger partial charge in [0.1, 0.15) is 11.9 Å². The predicted octanol–water partition coefficient (Wildman–Crippen LogP) is 0.942. The standard InChI is InChI=1S/C11H13N3O2S/c12-6-9-3-4-11(13-7-9)14-10-2-1-5-17(15,16)8-10/h3-4,7,10H,1-2,5,8H2,(H,13,14). The molecule has 0 spiro atoms. The van der Waals surface area contributed by atoms with Gasteiger partial charge in [-0.05, 0) is 25.0 Å². The van der Waals surface area contributed by atoms with Crippen molar-refractivity contribution in [3.05, 3.63) is 23.9 Å². The van der Waals surface area contributed by atoms with Crippen LogP contribution >= 0.6 is 0 Å². The van der Waals surface area contributed by atoms with Crippen molar-refractivity contribution in [2.75, 3.05) is 16.8 Å². The van der Waals surface area contributed by atoms with Crippen molar-refractivity contribution < 1.29 is 8.42 Å². The molecule has 1 aliphatic heterocycles. The highest BCUT2D eigenvalue weighted by Crippen LogP contribution is 2.16. The van der Waals surface area contributed by atoms with Crippen molar-refractivity contribution in [3.8, 4) is 6.07 Å². The van der Waals surface area contributed by atoms with Crippen LogP contribution in [0.15, 0.2) is 18.3 Å². The lowest BCUT2D eigenvalue weighted by molar-refractivity contribution is 0.561. The Balaban J connectivity index is 2.03. The van der Waals surface area contributed by atoms with Gasteiger partial charge in [-0.25, -0.2) is 13.4 Å². The van der Waals surface area contributed by atoms with Gasteiger partial charge >= 0.3 is 0 Å². The second-order valence-electron chi connectivity index (χ2n) is 4.14. The van der Waals surface area contributed by atoms with E-state index in [1.165, 1.54) is 6.20 Å². The molecule has 0 aromatic carbocycles. The van der Waals surface area contributed by atoms with E-state index in [-0.39, 0.29) is 17.5 Å². The molecule has 1 N–H and O–H groups in total. The van der Waals surface area contributed by atoms with Crippen molar-refractivity contribution in [2.45, 2.75) is 18.9 Å². The Bertz CT molecular complexity index is 531. The number of hydrogen-bond donors (Lipinski definition) is 1. The number of anilines is 1. The summed E-state index contributed by atoms with van der Waals surface area (Å²) in [6.45, 7) is 0. The van der Waals surface area contributed by atoms with E-state index in [0.29, 0.717) is 17.8 Å². The first kappa shape index (κ1) is 11.9. The van der Waals surface area contributed by atoms with E-state index in [1.54, 1.807) is 12.1 Å².